The second-order valence-electron chi connectivity index (χ2n) is 8.20. The summed E-state index contributed by atoms with van der Waals surface area (Å²) in [6.45, 7) is 2.54. The molecule has 1 N–H and O–H groups in total. The molecule has 1 unspecified atom stereocenters. The highest BCUT2D eigenvalue weighted by atomic mass is 35.5. The lowest BCUT2D eigenvalue weighted by molar-refractivity contribution is -0.195. The third-order valence-corrected chi connectivity index (χ3v) is 6.48. The molecule has 30 heavy (non-hydrogen) atoms. The molecule has 7 heteroatoms. The van der Waals surface area contributed by atoms with Gasteiger partial charge in [0, 0.05) is 16.6 Å². The van der Waals surface area contributed by atoms with Crippen LogP contribution in [0.5, 0.6) is 0 Å². The molecule has 1 aliphatic carbocycles. The molecule has 0 radical (unpaired) electrons. The average Bonchev–Trinajstić information content (AvgIpc) is 3.52. The van der Waals surface area contributed by atoms with E-state index < -0.39 is 23.7 Å². The van der Waals surface area contributed by atoms with Gasteiger partial charge in [0.2, 0.25) is 0 Å². The van der Waals surface area contributed by atoms with Crippen molar-refractivity contribution in [1.82, 2.24) is 4.90 Å². The monoisotopic (exact) mass is 447 g/mol. The number of nitrogens with zero attached hydrogens (tertiary/aromatic N) is 1. The summed E-state index contributed by atoms with van der Waals surface area (Å²) in [5.41, 5.74) is 0.826. The lowest BCUT2D eigenvalue weighted by Crippen LogP contribution is -2.61. The number of morpholine rings is 1. The second kappa shape index (κ2) is 8.22. The average molecular weight is 448 g/mol. The van der Waals surface area contributed by atoms with Gasteiger partial charge in [0.05, 0.1) is 12.0 Å². The van der Waals surface area contributed by atoms with Crippen molar-refractivity contribution >= 4 is 35.1 Å². The van der Waals surface area contributed by atoms with Gasteiger partial charge in [0.25, 0.3) is 5.91 Å². The molecule has 2 aliphatic rings. The SMILES string of the molecule is CC1(c2ccc(Cl)cc2)[C@@H](c2cccc(Cl)c2)O[C@H](CC(=O)O)C(=O)N1CC1CC1. The quantitative estimate of drug-likeness (QED) is 0.671. The van der Waals surface area contributed by atoms with E-state index >= 15 is 0 Å². The molecule has 2 aromatic carbocycles. The summed E-state index contributed by atoms with van der Waals surface area (Å²) < 4.78 is 6.22. The standard InChI is InChI=1S/C23H23Cl2NO4/c1-23(16-7-9-17(24)10-8-16)21(15-3-2-4-18(25)11-15)30-19(12-20(27)28)22(29)26(23)13-14-5-6-14/h2-4,7-11,14,19,21H,5-6,12-13H2,1H3,(H,27,28)/t19-,21-,23?/m1/s1. The Morgan fingerprint density at radius 3 is 2.47 bits per heavy atom. The van der Waals surface area contributed by atoms with Crippen molar-refractivity contribution in [1.29, 1.82) is 0 Å². The van der Waals surface area contributed by atoms with Gasteiger partial charge in [-0.15, -0.1) is 0 Å². The molecule has 0 bridgehead atoms. The molecule has 2 fully saturated rings. The zero-order chi connectivity index (χ0) is 21.5. The Morgan fingerprint density at radius 1 is 1.17 bits per heavy atom. The van der Waals surface area contributed by atoms with E-state index in [9.17, 15) is 14.7 Å². The van der Waals surface area contributed by atoms with Crippen LogP contribution in [-0.2, 0) is 19.9 Å². The molecule has 5 nitrogen and oxygen atoms in total. The molecular weight excluding hydrogens is 425 g/mol. The van der Waals surface area contributed by atoms with Crippen molar-refractivity contribution in [3.63, 3.8) is 0 Å². The van der Waals surface area contributed by atoms with Crippen molar-refractivity contribution in [3.05, 3.63) is 69.7 Å². The van der Waals surface area contributed by atoms with Crippen molar-refractivity contribution in [2.45, 2.75) is 43.9 Å². The smallest absolute Gasteiger partial charge is 0.306 e. The number of carbonyl (C=O) groups is 2. The van der Waals surface area contributed by atoms with E-state index in [1.807, 2.05) is 42.2 Å². The zero-order valence-corrected chi connectivity index (χ0v) is 18.1. The number of carboxylic acids is 1. The Bertz CT molecular complexity index is 960. The van der Waals surface area contributed by atoms with Crippen molar-refractivity contribution < 1.29 is 19.4 Å². The summed E-state index contributed by atoms with van der Waals surface area (Å²) in [7, 11) is 0. The number of halogens is 2. The topological polar surface area (TPSA) is 66.8 Å². The number of carbonyl (C=O) groups excluding carboxylic acids is 1. The minimum absolute atomic E-state index is 0.292. The highest BCUT2D eigenvalue weighted by Crippen LogP contribution is 2.49. The zero-order valence-electron chi connectivity index (χ0n) is 16.6. The summed E-state index contributed by atoms with van der Waals surface area (Å²) in [5.74, 6) is -0.941. The molecule has 1 aliphatic heterocycles. The maximum atomic E-state index is 13.4. The van der Waals surface area contributed by atoms with Gasteiger partial charge in [-0.05, 0) is 61.1 Å². The molecule has 1 amide bonds. The van der Waals surface area contributed by atoms with Gasteiger partial charge in [-0.3, -0.25) is 9.59 Å². The van der Waals surface area contributed by atoms with Crippen LogP contribution in [0.4, 0.5) is 0 Å². The minimum Gasteiger partial charge on any atom is -0.481 e. The first-order valence-electron chi connectivity index (χ1n) is 9.99. The van der Waals surface area contributed by atoms with Crippen LogP contribution in [0.15, 0.2) is 48.5 Å². The van der Waals surface area contributed by atoms with Gasteiger partial charge >= 0.3 is 5.97 Å². The Kier molecular flexibility index (Phi) is 5.80. The van der Waals surface area contributed by atoms with E-state index in [0.29, 0.717) is 22.5 Å². The van der Waals surface area contributed by atoms with E-state index in [2.05, 4.69) is 0 Å². The first-order chi connectivity index (χ1) is 14.3. The van der Waals surface area contributed by atoms with Crippen LogP contribution in [0.25, 0.3) is 0 Å². The van der Waals surface area contributed by atoms with Gasteiger partial charge in [-0.2, -0.15) is 0 Å². The Hall–Kier alpha value is -2.08. The van der Waals surface area contributed by atoms with Gasteiger partial charge in [0.1, 0.15) is 12.2 Å². The maximum Gasteiger partial charge on any atom is 0.306 e. The number of aliphatic carboxylic acids is 1. The van der Waals surface area contributed by atoms with Gasteiger partial charge in [-0.1, -0.05) is 47.5 Å². The molecular formula is C23H23Cl2NO4. The van der Waals surface area contributed by atoms with Crippen LogP contribution in [0.1, 0.15) is 43.4 Å². The van der Waals surface area contributed by atoms with E-state index in [1.54, 1.807) is 18.2 Å². The van der Waals surface area contributed by atoms with Crippen LogP contribution in [0, 0.1) is 5.92 Å². The maximum absolute atomic E-state index is 13.4. The van der Waals surface area contributed by atoms with Crippen molar-refractivity contribution in [3.8, 4) is 0 Å². The van der Waals surface area contributed by atoms with Crippen LogP contribution < -0.4 is 0 Å². The van der Waals surface area contributed by atoms with E-state index in [4.69, 9.17) is 27.9 Å². The molecule has 1 heterocycles. The number of ether oxygens (including phenoxy) is 1. The summed E-state index contributed by atoms with van der Waals surface area (Å²) in [5, 5.41) is 10.5. The van der Waals surface area contributed by atoms with Crippen LogP contribution >= 0.6 is 23.2 Å². The first-order valence-corrected chi connectivity index (χ1v) is 10.7. The van der Waals surface area contributed by atoms with Crippen LogP contribution in [-0.4, -0.2) is 34.5 Å². The number of carboxylic acid groups (broad SMARTS) is 1. The third-order valence-electron chi connectivity index (χ3n) is 5.99. The summed E-state index contributed by atoms with van der Waals surface area (Å²) in [4.78, 5) is 26.7. The number of amides is 1. The number of hydrogen-bond acceptors (Lipinski definition) is 3. The van der Waals surface area contributed by atoms with Crippen LogP contribution in [0.2, 0.25) is 10.0 Å². The van der Waals surface area contributed by atoms with E-state index in [1.165, 1.54) is 0 Å². The normalized spacial score (nSPS) is 26.6. The predicted molar refractivity (Wildman–Crippen MR) is 115 cm³/mol. The summed E-state index contributed by atoms with van der Waals surface area (Å²) >= 11 is 12.4. The Morgan fingerprint density at radius 2 is 1.87 bits per heavy atom. The Balaban J connectivity index is 1.86. The molecule has 4 rings (SSSR count). The van der Waals surface area contributed by atoms with Gasteiger partial charge in [-0.25, -0.2) is 0 Å². The third kappa shape index (κ3) is 4.07. The fraction of sp³-hybridized carbons (Fsp3) is 0.391. The molecule has 3 atom stereocenters. The van der Waals surface area contributed by atoms with Crippen LogP contribution in [0.3, 0.4) is 0 Å². The van der Waals surface area contributed by atoms with Crippen molar-refractivity contribution in [2.24, 2.45) is 5.92 Å². The lowest BCUT2D eigenvalue weighted by atomic mass is 9.78. The molecule has 158 valence electrons. The highest BCUT2D eigenvalue weighted by Gasteiger charge is 2.53. The van der Waals surface area contributed by atoms with E-state index in [0.717, 1.165) is 24.0 Å². The predicted octanol–water partition coefficient (Wildman–Crippen LogP) is 5.06. The van der Waals surface area contributed by atoms with Gasteiger partial charge < -0.3 is 14.7 Å². The van der Waals surface area contributed by atoms with E-state index in [-0.39, 0.29) is 12.3 Å². The van der Waals surface area contributed by atoms with Crippen molar-refractivity contribution in [2.75, 3.05) is 6.54 Å². The summed E-state index contributed by atoms with van der Waals surface area (Å²) in [6, 6.07) is 14.7. The second-order valence-corrected chi connectivity index (χ2v) is 9.08. The number of benzene rings is 2. The largest absolute Gasteiger partial charge is 0.481 e. The fourth-order valence-corrected chi connectivity index (χ4v) is 4.52. The summed E-state index contributed by atoms with van der Waals surface area (Å²) in [6.07, 6.45) is 0.108. The molecule has 2 aromatic rings. The highest BCUT2D eigenvalue weighted by molar-refractivity contribution is 6.30. The molecule has 0 aromatic heterocycles. The lowest BCUT2D eigenvalue weighted by Gasteiger charge is -2.52. The first kappa shape index (κ1) is 21.2. The number of hydrogen-bond donors (Lipinski definition) is 1. The minimum atomic E-state index is -1.07. The number of rotatable bonds is 6. The molecule has 1 saturated carbocycles. The fourth-order valence-electron chi connectivity index (χ4n) is 4.20. The Labute approximate surface area is 185 Å². The van der Waals surface area contributed by atoms with Gasteiger partial charge in [0.15, 0.2) is 0 Å². The molecule has 0 spiro atoms. The molecule has 1 saturated heterocycles.